The highest BCUT2D eigenvalue weighted by Gasteiger charge is 2.05. The first-order chi connectivity index (χ1) is 9.65. The van der Waals surface area contributed by atoms with Crippen LogP contribution in [0.15, 0.2) is 24.3 Å². The van der Waals surface area contributed by atoms with Crippen LogP contribution in [0.25, 0.3) is 0 Å². The van der Waals surface area contributed by atoms with Crippen molar-refractivity contribution < 1.29 is 14.3 Å². The Kier molecular flexibility index (Phi) is 7.13. The van der Waals surface area contributed by atoms with E-state index in [2.05, 4.69) is 10.6 Å². The Balaban J connectivity index is 2.23. The number of nitrogens with one attached hydrogen (secondary N) is 2. The molecule has 20 heavy (non-hydrogen) atoms. The van der Waals surface area contributed by atoms with E-state index < -0.39 is 0 Å². The Hall–Kier alpha value is -2.08. The van der Waals surface area contributed by atoms with Gasteiger partial charge in [-0.3, -0.25) is 9.59 Å². The number of carbonyl (C=O) groups excluding carboxylic acids is 2. The second-order valence-corrected chi connectivity index (χ2v) is 4.29. The minimum Gasteiger partial charge on any atom is -0.497 e. The number of nitrogens with two attached hydrogens (primary N) is 1. The first-order valence-corrected chi connectivity index (χ1v) is 6.52. The van der Waals surface area contributed by atoms with Gasteiger partial charge in [-0.15, -0.1) is 0 Å². The Bertz CT molecular complexity index is 432. The van der Waals surface area contributed by atoms with Crippen molar-refractivity contribution in [3.8, 4) is 5.75 Å². The first kappa shape index (κ1) is 16.0. The first-order valence-electron chi connectivity index (χ1n) is 6.52. The Labute approximate surface area is 118 Å². The molecule has 0 radical (unpaired) electrons. The second-order valence-electron chi connectivity index (χ2n) is 4.29. The van der Waals surface area contributed by atoms with Crippen molar-refractivity contribution in [3.63, 3.8) is 0 Å². The number of methoxy groups -OCH3 is 1. The highest BCUT2D eigenvalue weighted by atomic mass is 16.5. The lowest BCUT2D eigenvalue weighted by Gasteiger charge is -2.07. The number of hydrogen-bond donors (Lipinski definition) is 3. The van der Waals surface area contributed by atoms with Gasteiger partial charge in [0.05, 0.1) is 13.7 Å². The molecule has 110 valence electrons. The molecule has 0 aliphatic rings. The molecule has 0 aromatic heterocycles. The molecule has 0 bridgehead atoms. The molecule has 2 amide bonds. The van der Waals surface area contributed by atoms with E-state index in [4.69, 9.17) is 10.5 Å². The van der Waals surface area contributed by atoms with Crippen LogP contribution in [0.3, 0.4) is 0 Å². The van der Waals surface area contributed by atoms with Gasteiger partial charge < -0.3 is 21.1 Å². The maximum Gasteiger partial charge on any atom is 0.239 e. The molecule has 0 aliphatic carbocycles. The van der Waals surface area contributed by atoms with Crippen molar-refractivity contribution in [1.29, 1.82) is 0 Å². The summed E-state index contributed by atoms with van der Waals surface area (Å²) in [5.74, 6) is 0.393. The standard InChI is InChI=1S/C14H21N3O3/c1-20-12-6-4-11(5-7-12)9-16-14(19)10-17-13(18)3-2-8-15/h4-7H,2-3,8-10,15H2,1H3,(H,16,19)(H,17,18). The van der Waals surface area contributed by atoms with Gasteiger partial charge in [-0.1, -0.05) is 12.1 Å². The number of ether oxygens (including phenoxy) is 1. The molecular weight excluding hydrogens is 258 g/mol. The average molecular weight is 279 g/mol. The van der Waals surface area contributed by atoms with Crippen LogP contribution in [0, 0.1) is 0 Å². The van der Waals surface area contributed by atoms with Crippen molar-refractivity contribution in [2.45, 2.75) is 19.4 Å². The molecular formula is C14H21N3O3. The molecule has 0 unspecified atom stereocenters. The number of amides is 2. The van der Waals surface area contributed by atoms with E-state index in [1.165, 1.54) is 0 Å². The highest BCUT2D eigenvalue weighted by Crippen LogP contribution is 2.10. The van der Waals surface area contributed by atoms with Crippen molar-refractivity contribution in [3.05, 3.63) is 29.8 Å². The van der Waals surface area contributed by atoms with E-state index in [0.29, 0.717) is 25.9 Å². The van der Waals surface area contributed by atoms with Gasteiger partial charge in [0.15, 0.2) is 0 Å². The average Bonchev–Trinajstić information content (AvgIpc) is 2.49. The van der Waals surface area contributed by atoms with Crippen LogP contribution in [0.5, 0.6) is 5.75 Å². The maximum absolute atomic E-state index is 11.5. The lowest BCUT2D eigenvalue weighted by atomic mass is 10.2. The molecule has 0 aliphatic heterocycles. The van der Waals surface area contributed by atoms with Gasteiger partial charge in [0.1, 0.15) is 5.75 Å². The van der Waals surface area contributed by atoms with Crippen LogP contribution in [-0.4, -0.2) is 32.0 Å². The predicted molar refractivity (Wildman–Crippen MR) is 76.1 cm³/mol. The number of rotatable bonds is 8. The van der Waals surface area contributed by atoms with Gasteiger partial charge in [-0.2, -0.15) is 0 Å². The van der Waals surface area contributed by atoms with Gasteiger partial charge in [0, 0.05) is 13.0 Å². The van der Waals surface area contributed by atoms with Crippen molar-refractivity contribution in [2.24, 2.45) is 5.73 Å². The molecule has 4 N–H and O–H groups in total. The summed E-state index contributed by atoms with van der Waals surface area (Å²) in [5.41, 5.74) is 6.26. The van der Waals surface area contributed by atoms with Crippen LogP contribution in [0.4, 0.5) is 0 Å². The fraction of sp³-hybridized carbons (Fsp3) is 0.429. The maximum atomic E-state index is 11.5. The van der Waals surface area contributed by atoms with Crippen molar-refractivity contribution >= 4 is 11.8 Å². The van der Waals surface area contributed by atoms with Gasteiger partial charge in [-0.25, -0.2) is 0 Å². The zero-order valence-electron chi connectivity index (χ0n) is 11.6. The summed E-state index contributed by atoms with van der Waals surface area (Å²) in [6, 6.07) is 7.41. The summed E-state index contributed by atoms with van der Waals surface area (Å²) < 4.78 is 5.05. The normalized spacial score (nSPS) is 9.90. The quantitative estimate of drug-likeness (QED) is 0.632. The molecule has 0 heterocycles. The summed E-state index contributed by atoms with van der Waals surface area (Å²) in [5, 5.41) is 5.27. The fourth-order valence-electron chi connectivity index (χ4n) is 1.54. The second kappa shape index (κ2) is 8.92. The molecule has 6 heteroatoms. The summed E-state index contributed by atoms with van der Waals surface area (Å²) >= 11 is 0. The molecule has 0 saturated carbocycles. The molecule has 1 aromatic rings. The molecule has 0 fully saturated rings. The molecule has 0 spiro atoms. The van der Waals surface area contributed by atoms with E-state index in [0.717, 1.165) is 11.3 Å². The number of carbonyl (C=O) groups is 2. The van der Waals surface area contributed by atoms with E-state index in [1.54, 1.807) is 7.11 Å². The van der Waals surface area contributed by atoms with Crippen LogP contribution >= 0.6 is 0 Å². The van der Waals surface area contributed by atoms with Crippen LogP contribution in [0.2, 0.25) is 0 Å². The predicted octanol–water partition coefficient (Wildman–Crippen LogP) is 0.167. The molecule has 0 atom stereocenters. The molecule has 1 rings (SSSR count). The number of benzene rings is 1. The third-order valence-electron chi connectivity index (χ3n) is 2.70. The fourth-order valence-corrected chi connectivity index (χ4v) is 1.54. The Morgan fingerprint density at radius 2 is 1.85 bits per heavy atom. The third-order valence-corrected chi connectivity index (χ3v) is 2.70. The van der Waals surface area contributed by atoms with E-state index in [9.17, 15) is 9.59 Å². The van der Waals surface area contributed by atoms with Crippen molar-refractivity contribution in [1.82, 2.24) is 10.6 Å². The van der Waals surface area contributed by atoms with E-state index in [-0.39, 0.29) is 18.4 Å². The summed E-state index contributed by atoms with van der Waals surface area (Å²) in [4.78, 5) is 22.8. The summed E-state index contributed by atoms with van der Waals surface area (Å²) in [7, 11) is 1.60. The van der Waals surface area contributed by atoms with Gasteiger partial charge in [0.2, 0.25) is 11.8 Å². The van der Waals surface area contributed by atoms with Crippen LogP contribution in [0.1, 0.15) is 18.4 Å². The largest absolute Gasteiger partial charge is 0.497 e. The zero-order valence-corrected chi connectivity index (χ0v) is 11.6. The lowest BCUT2D eigenvalue weighted by molar-refractivity contribution is -0.126. The minimum atomic E-state index is -0.220. The monoisotopic (exact) mass is 279 g/mol. The van der Waals surface area contributed by atoms with E-state index >= 15 is 0 Å². The molecule has 0 saturated heterocycles. The van der Waals surface area contributed by atoms with Gasteiger partial charge >= 0.3 is 0 Å². The van der Waals surface area contributed by atoms with Crippen LogP contribution < -0.4 is 21.1 Å². The summed E-state index contributed by atoms with van der Waals surface area (Å²) in [6.45, 7) is 0.873. The Morgan fingerprint density at radius 3 is 2.45 bits per heavy atom. The van der Waals surface area contributed by atoms with Crippen LogP contribution in [-0.2, 0) is 16.1 Å². The summed E-state index contributed by atoms with van der Waals surface area (Å²) in [6.07, 6.45) is 0.974. The van der Waals surface area contributed by atoms with E-state index in [1.807, 2.05) is 24.3 Å². The van der Waals surface area contributed by atoms with Gasteiger partial charge in [0.25, 0.3) is 0 Å². The Morgan fingerprint density at radius 1 is 1.15 bits per heavy atom. The number of hydrogen-bond acceptors (Lipinski definition) is 4. The lowest BCUT2D eigenvalue weighted by Crippen LogP contribution is -2.36. The molecule has 6 nitrogen and oxygen atoms in total. The topological polar surface area (TPSA) is 93.5 Å². The van der Waals surface area contributed by atoms with Gasteiger partial charge in [-0.05, 0) is 30.7 Å². The third kappa shape index (κ3) is 6.19. The minimum absolute atomic E-state index is 0.0143. The SMILES string of the molecule is COc1ccc(CNC(=O)CNC(=O)CCCN)cc1. The highest BCUT2D eigenvalue weighted by molar-refractivity contribution is 5.84. The zero-order chi connectivity index (χ0) is 14.8. The molecule has 1 aromatic carbocycles. The smallest absolute Gasteiger partial charge is 0.239 e. The van der Waals surface area contributed by atoms with Crippen molar-refractivity contribution in [2.75, 3.05) is 20.2 Å².